The maximum atomic E-state index is 11.4. The molecular formula is C30H35NO5S. The van der Waals surface area contributed by atoms with Crippen molar-refractivity contribution in [3.8, 4) is 11.1 Å². The standard InChI is InChI=1S/C30H35NO5S/c1-20-28(19-37-16-15-32)35-30(36-29(20)24-9-7-22(18-33)8-10-24)25-13-11-23(12-14-25)27-6-4-3-5-26(27)17-31-21(2)34/h3-14,20,28-30,32-33H,15-19H2,1-2H3,(H,31,34)/t20-,28+,29+,30+/m1/s1. The lowest BCUT2D eigenvalue weighted by atomic mass is 9.91. The molecule has 0 saturated carbocycles. The second kappa shape index (κ2) is 13.2. The van der Waals surface area contributed by atoms with Crippen LogP contribution in [0.4, 0.5) is 0 Å². The summed E-state index contributed by atoms with van der Waals surface area (Å²) in [6, 6.07) is 24.1. The van der Waals surface area contributed by atoms with Gasteiger partial charge in [0.1, 0.15) is 0 Å². The zero-order chi connectivity index (χ0) is 26.2. The summed E-state index contributed by atoms with van der Waals surface area (Å²) in [5.41, 5.74) is 6.03. The molecular weight excluding hydrogens is 486 g/mol. The van der Waals surface area contributed by atoms with Gasteiger partial charge in [-0.25, -0.2) is 0 Å². The van der Waals surface area contributed by atoms with E-state index in [2.05, 4.69) is 30.4 Å². The van der Waals surface area contributed by atoms with Crippen LogP contribution < -0.4 is 5.32 Å². The van der Waals surface area contributed by atoms with Crippen LogP contribution in [0, 0.1) is 5.92 Å². The Morgan fingerprint density at radius 1 is 0.946 bits per heavy atom. The highest BCUT2D eigenvalue weighted by atomic mass is 32.2. The Balaban J connectivity index is 1.57. The van der Waals surface area contributed by atoms with Crippen LogP contribution >= 0.6 is 11.8 Å². The van der Waals surface area contributed by atoms with Gasteiger partial charge in [-0.05, 0) is 27.8 Å². The van der Waals surface area contributed by atoms with Gasteiger partial charge in [-0.15, -0.1) is 0 Å². The fraction of sp³-hybridized carbons (Fsp3) is 0.367. The Morgan fingerprint density at radius 3 is 2.32 bits per heavy atom. The summed E-state index contributed by atoms with van der Waals surface area (Å²) in [7, 11) is 0. The highest BCUT2D eigenvalue weighted by molar-refractivity contribution is 7.99. The predicted molar refractivity (Wildman–Crippen MR) is 147 cm³/mol. The Bertz CT molecular complexity index is 1150. The molecule has 0 radical (unpaired) electrons. The Hall–Kier alpha value is -2.68. The summed E-state index contributed by atoms with van der Waals surface area (Å²) < 4.78 is 13.0. The van der Waals surface area contributed by atoms with Gasteiger partial charge in [-0.1, -0.05) is 79.7 Å². The van der Waals surface area contributed by atoms with Crippen molar-refractivity contribution < 1.29 is 24.5 Å². The average molecular weight is 522 g/mol. The second-order valence-corrected chi connectivity index (χ2v) is 10.5. The number of ether oxygens (including phenoxy) is 2. The third-order valence-corrected chi connectivity index (χ3v) is 7.72. The van der Waals surface area contributed by atoms with Gasteiger partial charge in [0.25, 0.3) is 0 Å². The summed E-state index contributed by atoms with van der Waals surface area (Å²) in [6.07, 6.45) is -0.734. The fourth-order valence-electron chi connectivity index (χ4n) is 4.57. The lowest BCUT2D eigenvalue weighted by Crippen LogP contribution is -2.38. The fourth-order valence-corrected chi connectivity index (χ4v) is 5.48. The van der Waals surface area contributed by atoms with Crippen molar-refractivity contribution in [1.82, 2.24) is 5.32 Å². The number of amides is 1. The van der Waals surface area contributed by atoms with Crippen LogP contribution in [0.2, 0.25) is 0 Å². The SMILES string of the molecule is CC(=O)NCc1ccccc1-c1ccc([C@H]2O[C@@H](CSCCO)[C@@H](C)[C@@H](c3ccc(CO)cc3)O2)cc1. The van der Waals surface area contributed by atoms with E-state index >= 15 is 0 Å². The number of benzene rings is 3. The number of carbonyl (C=O) groups excluding carboxylic acids is 1. The molecule has 1 aliphatic heterocycles. The normalized spacial score (nSPS) is 21.5. The maximum Gasteiger partial charge on any atom is 0.217 e. The first-order valence-electron chi connectivity index (χ1n) is 12.6. The monoisotopic (exact) mass is 521 g/mol. The highest BCUT2D eigenvalue weighted by Gasteiger charge is 2.38. The van der Waals surface area contributed by atoms with E-state index in [1.54, 1.807) is 11.8 Å². The van der Waals surface area contributed by atoms with Gasteiger partial charge in [0.05, 0.1) is 25.4 Å². The molecule has 196 valence electrons. The van der Waals surface area contributed by atoms with Gasteiger partial charge in [-0.3, -0.25) is 4.79 Å². The molecule has 6 nitrogen and oxygen atoms in total. The average Bonchev–Trinajstić information content (AvgIpc) is 2.93. The van der Waals surface area contributed by atoms with Crippen LogP contribution in [0.5, 0.6) is 0 Å². The van der Waals surface area contributed by atoms with Crippen molar-refractivity contribution in [2.24, 2.45) is 5.92 Å². The molecule has 1 amide bonds. The second-order valence-electron chi connectivity index (χ2n) is 9.31. The molecule has 0 bridgehead atoms. The van der Waals surface area contributed by atoms with Crippen molar-refractivity contribution >= 4 is 17.7 Å². The van der Waals surface area contributed by atoms with Crippen molar-refractivity contribution in [3.63, 3.8) is 0 Å². The van der Waals surface area contributed by atoms with Gasteiger partial charge in [-0.2, -0.15) is 11.8 Å². The van der Waals surface area contributed by atoms with E-state index in [0.29, 0.717) is 12.3 Å². The largest absolute Gasteiger partial charge is 0.396 e. The Morgan fingerprint density at radius 2 is 1.65 bits per heavy atom. The lowest BCUT2D eigenvalue weighted by molar-refractivity contribution is -0.268. The van der Waals surface area contributed by atoms with Crippen LogP contribution in [0.15, 0.2) is 72.8 Å². The smallest absolute Gasteiger partial charge is 0.217 e. The van der Waals surface area contributed by atoms with E-state index in [-0.39, 0.29) is 37.2 Å². The number of rotatable bonds is 10. The molecule has 3 aromatic rings. The van der Waals surface area contributed by atoms with E-state index in [0.717, 1.165) is 39.1 Å². The summed E-state index contributed by atoms with van der Waals surface area (Å²) in [5, 5.41) is 21.6. The van der Waals surface area contributed by atoms with Crippen LogP contribution in [0.1, 0.15) is 48.5 Å². The van der Waals surface area contributed by atoms with Gasteiger partial charge < -0.3 is 25.0 Å². The molecule has 0 aliphatic carbocycles. The zero-order valence-corrected chi connectivity index (χ0v) is 22.1. The minimum Gasteiger partial charge on any atom is -0.396 e. The molecule has 3 aromatic carbocycles. The number of hydrogen-bond donors (Lipinski definition) is 3. The molecule has 4 rings (SSSR count). The predicted octanol–water partition coefficient (Wildman–Crippen LogP) is 5.00. The lowest BCUT2D eigenvalue weighted by Gasteiger charge is -2.41. The highest BCUT2D eigenvalue weighted by Crippen LogP contribution is 2.42. The van der Waals surface area contributed by atoms with Crippen molar-refractivity contribution in [2.45, 2.75) is 45.5 Å². The summed E-state index contributed by atoms with van der Waals surface area (Å²) >= 11 is 1.68. The number of hydrogen-bond acceptors (Lipinski definition) is 6. The first-order valence-corrected chi connectivity index (χ1v) is 13.8. The molecule has 4 atom stereocenters. The van der Waals surface area contributed by atoms with Gasteiger partial charge in [0, 0.05) is 36.5 Å². The van der Waals surface area contributed by atoms with Crippen molar-refractivity contribution in [3.05, 3.63) is 95.1 Å². The van der Waals surface area contributed by atoms with Crippen molar-refractivity contribution in [2.75, 3.05) is 18.1 Å². The summed E-state index contributed by atoms with van der Waals surface area (Å²) in [6.45, 7) is 4.28. The van der Waals surface area contributed by atoms with Gasteiger partial charge >= 0.3 is 0 Å². The summed E-state index contributed by atoms with van der Waals surface area (Å²) in [4.78, 5) is 11.4. The first-order chi connectivity index (χ1) is 18.0. The summed E-state index contributed by atoms with van der Waals surface area (Å²) in [5.74, 6) is 1.49. The maximum absolute atomic E-state index is 11.4. The zero-order valence-electron chi connectivity index (χ0n) is 21.3. The molecule has 1 fully saturated rings. The van der Waals surface area contributed by atoms with Crippen LogP contribution in [-0.4, -0.2) is 40.3 Å². The van der Waals surface area contributed by atoms with Crippen molar-refractivity contribution in [1.29, 1.82) is 0 Å². The number of carbonyl (C=O) groups is 1. The van der Waals surface area contributed by atoms with Crippen LogP contribution in [0.25, 0.3) is 11.1 Å². The Kier molecular flexibility index (Phi) is 9.77. The first kappa shape index (κ1) is 27.4. The van der Waals surface area contributed by atoms with E-state index in [9.17, 15) is 15.0 Å². The minimum atomic E-state index is -0.526. The molecule has 0 aromatic heterocycles. The minimum absolute atomic E-state index is 0.00775. The van der Waals surface area contributed by atoms with E-state index in [4.69, 9.17) is 9.47 Å². The molecule has 1 saturated heterocycles. The van der Waals surface area contributed by atoms with Gasteiger partial charge in [0.2, 0.25) is 5.91 Å². The van der Waals surface area contributed by atoms with Crippen LogP contribution in [-0.2, 0) is 27.4 Å². The van der Waals surface area contributed by atoms with E-state index in [1.807, 2.05) is 54.6 Å². The molecule has 7 heteroatoms. The quantitative estimate of drug-likeness (QED) is 0.326. The topological polar surface area (TPSA) is 88.0 Å². The number of aliphatic hydroxyl groups is 2. The molecule has 3 N–H and O–H groups in total. The number of thioether (sulfide) groups is 1. The van der Waals surface area contributed by atoms with E-state index < -0.39 is 6.29 Å². The molecule has 1 heterocycles. The number of nitrogens with one attached hydrogen (secondary N) is 1. The third kappa shape index (κ3) is 7.00. The molecule has 1 aliphatic rings. The molecule has 0 spiro atoms. The molecule has 37 heavy (non-hydrogen) atoms. The van der Waals surface area contributed by atoms with Gasteiger partial charge in [0.15, 0.2) is 6.29 Å². The third-order valence-electron chi connectivity index (χ3n) is 6.68. The van der Waals surface area contributed by atoms with Crippen LogP contribution in [0.3, 0.4) is 0 Å². The Labute approximate surface area is 223 Å². The van der Waals surface area contributed by atoms with E-state index in [1.165, 1.54) is 6.92 Å². The molecule has 0 unspecified atom stereocenters. The number of aliphatic hydroxyl groups excluding tert-OH is 2.